The predicted octanol–water partition coefficient (Wildman–Crippen LogP) is 4.49. The highest BCUT2D eigenvalue weighted by molar-refractivity contribution is 9.10. The molecule has 1 fully saturated rings. The van der Waals surface area contributed by atoms with Gasteiger partial charge in [0.1, 0.15) is 5.75 Å². The normalized spacial score (nSPS) is 21.0. The number of amides is 1. The summed E-state index contributed by atoms with van der Waals surface area (Å²) in [6, 6.07) is 5.09. The Morgan fingerprint density at radius 3 is 2.33 bits per heavy atom. The standard InChI is InChI=1S/C17H24BrNO2/c1-16(2)8-12(9-17(3,4)10-16)19-15(21)11-5-6-13(18)14(20)7-11/h5-7,12,20H,8-10H2,1-4H3,(H,19,21). The van der Waals surface area contributed by atoms with Crippen molar-refractivity contribution in [3.8, 4) is 5.75 Å². The first-order valence-electron chi connectivity index (χ1n) is 7.37. The molecule has 3 nitrogen and oxygen atoms in total. The van der Waals surface area contributed by atoms with Crippen molar-refractivity contribution in [1.29, 1.82) is 0 Å². The number of rotatable bonds is 2. The highest BCUT2D eigenvalue weighted by Crippen LogP contribution is 2.45. The second-order valence-electron chi connectivity index (χ2n) is 7.75. The Labute approximate surface area is 135 Å². The summed E-state index contributed by atoms with van der Waals surface area (Å²) < 4.78 is 0.596. The van der Waals surface area contributed by atoms with E-state index in [4.69, 9.17) is 0 Å². The van der Waals surface area contributed by atoms with E-state index in [1.807, 2.05) is 0 Å². The average molecular weight is 354 g/mol. The second kappa shape index (κ2) is 5.64. The van der Waals surface area contributed by atoms with E-state index in [2.05, 4.69) is 48.9 Å². The lowest BCUT2D eigenvalue weighted by atomic mass is 9.63. The third kappa shape index (κ3) is 4.22. The highest BCUT2D eigenvalue weighted by atomic mass is 79.9. The summed E-state index contributed by atoms with van der Waals surface area (Å²) >= 11 is 3.23. The van der Waals surface area contributed by atoms with Gasteiger partial charge in [-0.1, -0.05) is 27.7 Å². The summed E-state index contributed by atoms with van der Waals surface area (Å²) in [6.45, 7) is 9.05. The van der Waals surface area contributed by atoms with Crippen LogP contribution >= 0.6 is 15.9 Å². The summed E-state index contributed by atoms with van der Waals surface area (Å²) in [4.78, 5) is 12.4. The molecule has 116 valence electrons. The van der Waals surface area contributed by atoms with E-state index in [1.54, 1.807) is 12.1 Å². The van der Waals surface area contributed by atoms with Crippen LogP contribution in [0.3, 0.4) is 0 Å². The number of hydrogen-bond acceptors (Lipinski definition) is 2. The third-order valence-corrected chi connectivity index (χ3v) is 4.77. The summed E-state index contributed by atoms with van der Waals surface area (Å²) in [5.74, 6) is -0.0248. The topological polar surface area (TPSA) is 49.3 Å². The fourth-order valence-electron chi connectivity index (χ4n) is 3.87. The molecular formula is C17H24BrNO2. The fraction of sp³-hybridized carbons (Fsp3) is 0.588. The molecule has 0 unspecified atom stereocenters. The van der Waals surface area contributed by atoms with E-state index in [9.17, 15) is 9.90 Å². The molecule has 0 aliphatic heterocycles. The lowest BCUT2D eigenvalue weighted by molar-refractivity contribution is 0.0713. The third-order valence-electron chi connectivity index (χ3n) is 4.10. The molecule has 0 radical (unpaired) electrons. The van der Waals surface area contributed by atoms with E-state index in [0.29, 0.717) is 10.0 Å². The minimum atomic E-state index is -0.115. The van der Waals surface area contributed by atoms with Crippen LogP contribution in [0.1, 0.15) is 57.3 Å². The maximum Gasteiger partial charge on any atom is 0.251 e. The van der Waals surface area contributed by atoms with Crippen molar-refractivity contribution in [3.05, 3.63) is 28.2 Å². The summed E-state index contributed by atoms with van der Waals surface area (Å²) in [7, 11) is 0. The van der Waals surface area contributed by atoms with E-state index < -0.39 is 0 Å². The van der Waals surface area contributed by atoms with Gasteiger partial charge in [-0.3, -0.25) is 4.79 Å². The van der Waals surface area contributed by atoms with Crippen molar-refractivity contribution in [2.75, 3.05) is 0 Å². The summed E-state index contributed by atoms with van der Waals surface area (Å²) in [5.41, 5.74) is 0.972. The quantitative estimate of drug-likeness (QED) is 0.822. The van der Waals surface area contributed by atoms with Crippen molar-refractivity contribution in [1.82, 2.24) is 5.32 Å². The number of halogens is 1. The van der Waals surface area contributed by atoms with Gasteiger partial charge in [0.25, 0.3) is 5.91 Å². The Morgan fingerprint density at radius 1 is 1.24 bits per heavy atom. The number of phenols is 1. The molecule has 0 atom stereocenters. The van der Waals surface area contributed by atoms with Crippen LogP contribution in [0.25, 0.3) is 0 Å². The van der Waals surface area contributed by atoms with Gasteiger partial charge in [0.05, 0.1) is 4.47 Å². The van der Waals surface area contributed by atoms with Crippen LogP contribution in [0.15, 0.2) is 22.7 Å². The van der Waals surface area contributed by atoms with Crippen molar-refractivity contribution in [3.63, 3.8) is 0 Å². The minimum Gasteiger partial charge on any atom is -0.507 e. The molecular weight excluding hydrogens is 330 g/mol. The number of phenolic OH excluding ortho intramolecular Hbond substituents is 1. The number of nitrogens with one attached hydrogen (secondary N) is 1. The van der Waals surface area contributed by atoms with Crippen LogP contribution in [0.2, 0.25) is 0 Å². The maximum absolute atomic E-state index is 12.4. The molecule has 21 heavy (non-hydrogen) atoms. The number of carbonyl (C=O) groups excluding carboxylic acids is 1. The minimum absolute atomic E-state index is 0.0898. The number of carbonyl (C=O) groups is 1. The van der Waals surface area contributed by atoms with Gasteiger partial charge in [0, 0.05) is 11.6 Å². The smallest absolute Gasteiger partial charge is 0.251 e. The molecule has 4 heteroatoms. The van der Waals surface area contributed by atoms with E-state index in [1.165, 1.54) is 12.5 Å². The van der Waals surface area contributed by atoms with Gasteiger partial charge in [-0.15, -0.1) is 0 Å². The Balaban J connectivity index is 2.10. The Bertz CT molecular complexity index is 536. The van der Waals surface area contributed by atoms with Crippen LogP contribution < -0.4 is 5.32 Å². The second-order valence-corrected chi connectivity index (χ2v) is 8.60. The highest BCUT2D eigenvalue weighted by Gasteiger charge is 2.38. The van der Waals surface area contributed by atoms with Crippen LogP contribution in [0.5, 0.6) is 5.75 Å². The van der Waals surface area contributed by atoms with Gasteiger partial charge in [0.15, 0.2) is 0 Å². The lowest BCUT2D eigenvalue weighted by Crippen LogP contribution is -2.46. The van der Waals surface area contributed by atoms with Gasteiger partial charge < -0.3 is 10.4 Å². The Kier molecular flexibility index (Phi) is 4.39. The SMILES string of the molecule is CC1(C)CC(NC(=O)c2ccc(Br)c(O)c2)CC(C)(C)C1. The Morgan fingerprint density at radius 2 is 1.81 bits per heavy atom. The van der Waals surface area contributed by atoms with Gasteiger partial charge in [-0.05, 0) is 64.2 Å². The zero-order valence-electron chi connectivity index (χ0n) is 13.2. The molecule has 1 aromatic carbocycles. The molecule has 2 rings (SSSR count). The average Bonchev–Trinajstić information content (AvgIpc) is 2.28. The van der Waals surface area contributed by atoms with E-state index in [-0.39, 0.29) is 28.5 Å². The van der Waals surface area contributed by atoms with E-state index >= 15 is 0 Å². The molecule has 1 aliphatic carbocycles. The Hall–Kier alpha value is -1.03. The zero-order valence-corrected chi connectivity index (χ0v) is 14.8. The number of aromatic hydroxyl groups is 1. The van der Waals surface area contributed by atoms with Crippen molar-refractivity contribution < 1.29 is 9.90 Å². The largest absolute Gasteiger partial charge is 0.507 e. The molecule has 1 aromatic rings. The van der Waals surface area contributed by atoms with E-state index in [0.717, 1.165) is 12.8 Å². The lowest BCUT2D eigenvalue weighted by Gasteiger charge is -2.45. The molecule has 0 aromatic heterocycles. The molecule has 1 saturated carbocycles. The maximum atomic E-state index is 12.4. The first kappa shape index (κ1) is 16.3. The first-order chi connectivity index (χ1) is 9.58. The van der Waals surface area contributed by atoms with Gasteiger partial charge >= 0.3 is 0 Å². The molecule has 0 bridgehead atoms. The van der Waals surface area contributed by atoms with Gasteiger partial charge in [-0.2, -0.15) is 0 Å². The monoisotopic (exact) mass is 353 g/mol. The summed E-state index contributed by atoms with van der Waals surface area (Å²) in [6.07, 6.45) is 3.15. The van der Waals surface area contributed by atoms with Gasteiger partial charge in [0.2, 0.25) is 0 Å². The van der Waals surface area contributed by atoms with Crippen LogP contribution in [0, 0.1) is 10.8 Å². The molecule has 2 N–H and O–H groups in total. The number of hydrogen-bond donors (Lipinski definition) is 2. The zero-order chi connectivity index (χ0) is 15.8. The van der Waals surface area contributed by atoms with Crippen molar-refractivity contribution in [2.45, 2.75) is 53.0 Å². The van der Waals surface area contributed by atoms with Crippen molar-refractivity contribution >= 4 is 21.8 Å². The molecule has 0 heterocycles. The first-order valence-corrected chi connectivity index (χ1v) is 8.17. The predicted molar refractivity (Wildman–Crippen MR) is 88.5 cm³/mol. The summed E-state index contributed by atoms with van der Waals surface area (Å²) in [5, 5.41) is 12.8. The molecule has 1 amide bonds. The molecule has 0 spiro atoms. The van der Waals surface area contributed by atoms with Crippen molar-refractivity contribution in [2.24, 2.45) is 10.8 Å². The van der Waals surface area contributed by atoms with Crippen LogP contribution in [-0.2, 0) is 0 Å². The fourth-order valence-corrected chi connectivity index (χ4v) is 4.12. The van der Waals surface area contributed by atoms with Gasteiger partial charge in [-0.25, -0.2) is 0 Å². The van der Waals surface area contributed by atoms with Crippen LogP contribution in [0.4, 0.5) is 0 Å². The number of benzene rings is 1. The molecule has 1 aliphatic rings. The van der Waals surface area contributed by atoms with Crippen LogP contribution in [-0.4, -0.2) is 17.1 Å². The molecule has 0 saturated heterocycles.